The normalized spacial score (nSPS) is 17.2. The van der Waals surface area contributed by atoms with Crippen molar-refractivity contribution in [1.29, 1.82) is 0 Å². The average Bonchev–Trinajstić information content (AvgIpc) is 2.48. The van der Waals surface area contributed by atoms with Crippen molar-refractivity contribution in [2.45, 2.75) is 37.6 Å². The first-order valence-electron chi connectivity index (χ1n) is 7.84. The van der Waals surface area contributed by atoms with E-state index in [1.807, 2.05) is 31.2 Å². The molecule has 1 saturated carbocycles. The highest BCUT2D eigenvalue weighted by atomic mass is 35.5. The molecule has 1 unspecified atom stereocenters. The molecule has 2 nitrogen and oxygen atoms in total. The molecule has 0 radical (unpaired) electrons. The van der Waals surface area contributed by atoms with Gasteiger partial charge in [-0.3, -0.25) is 4.79 Å². The lowest BCUT2D eigenvalue weighted by molar-refractivity contribution is -0.130. The van der Waals surface area contributed by atoms with Gasteiger partial charge in [0, 0.05) is 5.02 Å². The molecule has 0 saturated heterocycles. The third kappa shape index (κ3) is 3.11. The molecular weight excluding hydrogens is 313 g/mol. The second-order valence-electron chi connectivity index (χ2n) is 6.19. The lowest BCUT2D eigenvalue weighted by atomic mass is 9.63. The highest BCUT2D eigenvalue weighted by Crippen LogP contribution is 2.44. The lowest BCUT2D eigenvalue weighted by Crippen LogP contribution is -2.49. The van der Waals surface area contributed by atoms with Crippen molar-refractivity contribution in [2.75, 3.05) is 0 Å². The molecule has 2 aromatic rings. The van der Waals surface area contributed by atoms with Crippen molar-refractivity contribution in [1.82, 2.24) is 5.32 Å². The molecule has 3 rings (SSSR count). The SMILES string of the molecule is CC(NC(=O)C1(c2ccc(F)cc2)CCC1)c1ccc(Cl)cc1. The Morgan fingerprint density at radius 1 is 1.13 bits per heavy atom. The summed E-state index contributed by atoms with van der Waals surface area (Å²) >= 11 is 5.90. The number of hydrogen-bond donors (Lipinski definition) is 1. The quantitative estimate of drug-likeness (QED) is 0.858. The summed E-state index contributed by atoms with van der Waals surface area (Å²) in [6.45, 7) is 1.96. The maximum absolute atomic E-state index is 13.2. The third-order valence-corrected chi connectivity index (χ3v) is 5.01. The van der Waals surface area contributed by atoms with Gasteiger partial charge in [-0.2, -0.15) is 0 Å². The predicted molar refractivity (Wildman–Crippen MR) is 89.9 cm³/mol. The molecule has 4 heteroatoms. The Hall–Kier alpha value is -1.87. The zero-order valence-corrected chi connectivity index (χ0v) is 13.7. The van der Waals surface area contributed by atoms with Crippen LogP contribution >= 0.6 is 11.6 Å². The van der Waals surface area contributed by atoms with Gasteiger partial charge in [0.2, 0.25) is 5.91 Å². The number of rotatable bonds is 4. The van der Waals surface area contributed by atoms with E-state index in [2.05, 4.69) is 5.32 Å². The predicted octanol–water partition coefficient (Wildman–Crippen LogP) is 4.78. The van der Waals surface area contributed by atoms with E-state index in [0.717, 1.165) is 30.4 Å². The van der Waals surface area contributed by atoms with Crippen LogP contribution in [-0.4, -0.2) is 5.91 Å². The third-order valence-electron chi connectivity index (χ3n) is 4.76. The molecule has 23 heavy (non-hydrogen) atoms. The molecule has 0 aromatic heterocycles. The van der Waals surface area contributed by atoms with Gasteiger partial charge in [0.05, 0.1) is 11.5 Å². The highest BCUT2D eigenvalue weighted by molar-refractivity contribution is 6.30. The Balaban J connectivity index is 1.78. The molecule has 0 bridgehead atoms. The lowest BCUT2D eigenvalue weighted by Gasteiger charge is -2.41. The number of halogens is 2. The molecule has 120 valence electrons. The molecule has 0 heterocycles. The second kappa shape index (κ2) is 6.32. The van der Waals surface area contributed by atoms with E-state index in [4.69, 9.17) is 11.6 Å². The Labute approximate surface area is 140 Å². The second-order valence-corrected chi connectivity index (χ2v) is 6.63. The summed E-state index contributed by atoms with van der Waals surface area (Å²) < 4.78 is 13.2. The number of nitrogens with one attached hydrogen (secondary N) is 1. The van der Waals surface area contributed by atoms with Gasteiger partial charge in [-0.25, -0.2) is 4.39 Å². The summed E-state index contributed by atoms with van der Waals surface area (Å²) in [4.78, 5) is 12.9. The van der Waals surface area contributed by atoms with E-state index in [1.165, 1.54) is 12.1 Å². The molecular formula is C19H19ClFNO. The van der Waals surface area contributed by atoms with Crippen molar-refractivity contribution < 1.29 is 9.18 Å². The van der Waals surface area contributed by atoms with Gasteiger partial charge in [-0.15, -0.1) is 0 Å². The van der Waals surface area contributed by atoms with Crippen LogP contribution in [0.5, 0.6) is 0 Å². The molecule has 1 N–H and O–H groups in total. The van der Waals surface area contributed by atoms with Gasteiger partial charge in [0.25, 0.3) is 0 Å². The van der Waals surface area contributed by atoms with E-state index in [9.17, 15) is 9.18 Å². The first-order chi connectivity index (χ1) is 11.0. The fourth-order valence-corrected chi connectivity index (χ4v) is 3.24. The summed E-state index contributed by atoms with van der Waals surface area (Å²) in [6, 6.07) is 13.7. The van der Waals surface area contributed by atoms with Gasteiger partial charge in [-0.1, -0.05) is 42.3 Å². The van der Waals surface area contributed by atoms with Crippen LogP contribution in [0.15, 0.2) is 48.5 Å². The molecule has 1 fully saturated rings. The molecule has 2 aromatic carbocycles. The van der Waals surface area contributed by atoms with Crippen molar-refractivity contribution in [3.05, 3.63) is 70.5 Å². The van der Waals surface area contributed by atoms with Crippen molar-refractivity contribution in [3.8, 4) is 0 Å². The van der Waals surface area contributed by atoms with Gasteiger partial charge in [0.1, 0.15) is 5.82 Å². The summed E-state index contributed by atoms with van der Waals surface area (Å²) in [5.41, 5.74) is 1.39. The maximum Gasteiger partial charge on any atom is 0.231 e. The van der Waals surface area contributed by atoms with Crippen LogP contribution in [0.25, 0.3) is 0 Å². The molecule has 0 aliphatic heterocycles. The number of amides is 1. The largest absolute Gasteiger partial charge is 0.349 e. The van der Waals surface area contributed by atoms with Crippen LogP contribution in [0, 0.1) is 5.82 Å². The number of hydrogen-bond acceptors (Lipinski definition) is 1. The summed E-state index contributed by atoms with van der Waals surface area (Å²) in [6.07, 6.45) is 2.62. The minimum absolute atomic E-state index is 0.0119. The molecule has 1 aliphatic rings. The van der Waals surface area contributed by atoms with Gasteiger partial charge in [-0.05, 0) is 55.2 Å². The maximum atomic E-state index is 13.2. The smallest absolute Gasteiger partial charge is 0.231 e. The van der Waals surface area contributed by atoms with E-state index >= 15 is 0 Å². The van der Waals surface area contributed by atoms with Crippen LogP contribution in [0.1, 0.15) is 43.4 Å². The standard InChI is InChI=1S/C19H19ClFNO/c1-13(14-3-7-16(20)8-4-14)22-18(23)19(11-2-12-19)15-5-9-17(21)10-6-15/h3-10,13H,2,11-12H2,1H3,(H,22,23). The zero-order chi connectivity index (χ0) is 16.4. The van der Waals surface area contributed by atoms with Crippen LogP contribution in [0.2, 0.25) is 5.02 Å². The zero-order valence-electron chi connectivity index (χ0n) is 13.0. The van der Waals surface area contributed by atoms with Gasteiger partial charge < -0.3 is 5.32 Å². The summed E-state index contributed by atoms with van der Waals surface area (Å²) in [7, 11) is 0. The molecule has 0 spiro atoms. The van der Waals surface area contributed by atoms with Gasteiger partial charge >= 0.3 is 0 Å². The van der Waals surface area contributed by atoms with Crippen molar-refractivity contribution in [2.24, 2.45) is 0 Å². The number of carbonyl (C=O) groups is 1. The minimum Gasteiger partial charge on any atom is -0.349 e. The minimum atomic E-state index is -0.519. The van der Waals surface area contributed by atoms with E-state index in [0.29, 0.717) is 5.02 Å². The average molecular weight is 332 g/mol. The molecule has 1 atom stereocenters. The summed E-state index contributed by atoms with van der Waals surface area (Å²) in [5.74, 6) is -0.268. The Kier molecular flexibility index (Phi) is 4.40. The highest BCUT2D eigenvalue weighted by Gasteiger charge is 2.45. The Morgan fingerprint density at radius 2 is 1.74 bits per heavy atom. The summed E-state index contributed by atoms with van der Waals surface area (Å²) in [5, 5.41) is 3.77. The number of carbonyl (C=O) groups excluding carboxylic acids is 1. The van der Waals surface area contributed by atoms with E-state index in [1.54, 1.807) is 12.1 Å². The Bertz CT molecular complexity index is 692. The molecule has 1 amide bonds. The first kappa shape index (κ1) is 16.0. The van der Waals surface area contributed by atoms with Gasteiger partial charge in [0.15, 0.2) is 0 Å². The van der Waals surface area contributed by atoms with Crippen LogP contribution < -0.4 is 5.32 Å². The van der Waals surface area contributed by atoms with Crippen molar-refractivity contribution in [3.63, 3.8) is 0 Å². The van der Waals surface area contributed by atoms with E-state index in [-0.39, 0.29) is 17.8 Å². The number of benzene rings is 2. The fourth-order valence-electron chi connectivity index (χ4n) is 3.12. The first-order valence-corrected chi connectivity index (χ1v) is 8.21. The monoisotopic (exact) mass is 331 g/mol. The molecule has 1 aliphatic carbocycles. The van der Waals surface area contributed by atoms with Crippen LogP contribution in [0.4, 0.5) is 4.39 Å². The van der Waals surface area contributed by atoms with Crippen LogP contribution in [-0.2, 0) is 10.2 Å². The van der Waals surface area contributed by atoms with Crippen LogP contribution in [0.3, 0.4) is 0 Å². The topological polar surface area (TPSA) is 29.1 Å². The fraction of sp³-hybridized carbons (Fsp3) is 0.316. The Morgan fingerprint density at radius 3 is 2.26 bits per heavy atom. The van der Waals surface area contributed by atoms with Crippen molar-refractivity contribution >= 4 is 17.5 Å². The van der Waals surface area contributed by atoms with E-state index < -0.39 is 5.41 Å².